The molecule has 2 N–H and O–H groups in total. The Morgan fingerprint density at radius 2 is 1.76 bits per heavy atom. The van der Waals surface area contributed by atoms with E-state index in [1.54, 1.807) is 42.5 Å². The van der Waals surface area contributed by atoms with Crippen molar-refractivity contribution in [1.82, 2.24) is 0 Å². The second kappa shape index (κ2) is 9.25. The minimum atomic E-state index is -1.01. The minimum absolute atomic E-state index is 0.0161. The van der Waals surface area contributed by atoms with Crippen LogP contribution in [-0.4, -0.2) is 28.5 Å². The maximum absolute atomic E-state index is 12.2. The van der Waals surface area contributed by atoms with Gasteiger partial charge in [0.25, 0.3) is 0 Å². The zero-order chi connectivity index (χ0) is 18.2. The third-order valence-corrected chi connectivity index (χ3v) is 4.47. The molecule has 130 valence electrons. The third kappa shape index (κ3) is 6.60. The van der Waals surface area contributed by atoms with Gasteiger partial charge in [-0.2, -0.15) is 0 Å². The summed E-state index contributed by atoms with van der Waals surface area (Å²) < 4.78 is 0. The number of amides is 1. The van der Waals surface area contributed by atoms with Gasteiger partial charge in [0.15, 0.2) is 5.78 Å². The highest BCUT2D eigenvalue weighted by Gasteiger charge is 2.09. The molecule has 0 bridgehead atoms. The van der Waals surface area contributed by atoms with E-state index in [1.807, 2.05) is 6.07 Å². The predicted molar refractivity (Wildman–Crippen MR) is 98.4 cm³/mol. The molecular weight excluding hydrogens is 362 g/mol. The van der Waals surface area contributed by atoms with Gasteiger partial charge in [-0.25, -0.2) is 0 Å². The van der Waals surface area contributed by atoms with Crippen molar-refractivity contribution < 1.29 is 19.5 Å². The van der Waals surface area contributed by atoms with Gasteiger partial charge in [-0.1, -0.05) is 17.7 Å². The van der Waals surface area contributed by atoms with E-state index in [0.717, 1.165) is 4.90 Å². The van der Waals surface area contributed by atoms with Crippen LogP contribution in [0, 0.1) is 0 Å². The number of carboxylic acids is 1. The van der Waals surface area contributed by atoms with Crippen LogP contribution in [0.2, 0.25) is 5.02 Å². The molecule has 0 radical (unpaired) electrons. The Kier molecular flexibility index (Phi) is 7.03. The van der Waals surface area contributed by atoms with Crippen LogP contribution in [0.4, 0.5) is 5.69 Å². The van der Waals surface area contributed by atoms with Crippen molar-refractivity contribution in [2.24, 2.45) is 0 Å². The number of benzene rings is 2. The van der Waals surface area contributed by atoms with Crippen molar-refractivity contribution in [3.8, 4) is 0 Å². The summed E-state index contributed by atoms with van der Waals surface area (Å²) in [5.74, 6) is -1.13. The van der Waals surface area contributed by atoms with Gasteiger partial charge in [0.1, 0.15) is 0 Å². The monoisotopic (exact) mass is 377 g/mol. The maximum atomic E-state index is 12.2. The van der Waals surface area contributed by atoms with Crippen LogP contribution < -0.4 is 5.32 Å². The van der Waals surface area contributed by atoms with Crippen molar-refractivity contribution in [2.75, 3.05) is 11.1 Å². The number of nitrogens with one attached hydrogen (secondary N) is 1. The number of halogens is 1. The smallest absolute Gasteiger partial charge is 0.303 e. The van der Waals surface area contributed by atoms with E-state index < -0.39 is 5.97 Å². The molecule has 0 aliphatic rings. The van der Waals surface area contributed by atoms with Crippen molar-refractivity contribution in [3.05, 3.63) is 59.1 Å². The number of carbonyl (C=O) groups excluding carboxylic acids is 2. The molecule has 0 atom stereocenters. The Bertz CT molecular complexity index is 777. The molecule has 5 nitrogen and oxygen atoms in total. The van der Waals surface area contributed by atoms with E-state index in [-0.39, 0.29) is 30.3 Å². The first-order chi connectivity index (χ1) is 11.9. The minimum Gasteiger partial charge on any atom is -0.481 e. The van der Waals surface area contributed by atoms with Crippen LogP contribution in [-0.2, 0) is 9.59 Å². The molecule has 1 amide bonds. The summed E-state index contributed by atoms with van der Waals surface area (Å²) in [5, 5.41) is 11.8. The molecule has 0 aliphatic carbocycles. The van der Waals surface area contributed by atoms with Gasteiger partial charge in [-0.15, -0.1) is 11.8 Å². The van der Waals surface area contributed by atoms with Gasteiger partial charge < -0.3 is 10.4 Å². The van der Waals surface area contributed by atoms with E-state index in [0.29, 0.717) is 16.3 Å². The first-order valence-corrected chi connectivity index (χ1v) is 8.83. The van der Waals surface area contributed by atoms with Crippen LogP contribution >= 0.6 is 23.4 Å². The second-order valence-corrected chi connectivity index (χ2v) is 6.67. The molecule has 25 heavy (non-hydrogen) atoms. The number of hydrogen-bond acceptors (Lipinski definition) is 4. The summed E-state index contributed by atoms with van der Waals surface area (Å²) >= 11 is 7.16. The number of carbonyl (C=O) groups is 3. The van der Waals surface area contributed by atoms with Gasteiger partial charge in [0, 0.05) is 27.6 Å². The summed E-state index contributed by atoms with van der Waals surface area (Å²) in [6.45, 7) is 0. The van der Waals surface area contributed by atoms with Crippen LogP contribution in [0.1, 0.15) is 23.2 Å². The normalized spacial score (nSPS) is 10.3. The first-order valence-electron chi connectivity index (χ1n) is 7.47. The Balaban J connectivity index is 1.90. The van der Waals surface area contributed by atoms with E-state index in [2.05, 4.69) is 5.32 Å². The van der Waals surface area contributed by atoms with Crippen molar-refractivity contribution in [1.29, 1.82) is 0 Å². The van der Waals surface area contributed by atoms with Crippen molar-refractivity contribution in [2.45, 2.75) is 17.7 Å². The lowest BCUT2D eigenvalue weighted by Gasteiger charge is -2.07. The van der Waals surface area contributed by atoms with E-state index in [9.17, 15) is 14.4 Å². The first kappa shape index (κ1) is 19.0. The lowest BCUT2D eigenvalue weighted by molar-refractivity contribution is -0.138. The molecule has 2 aromatic rings. The topological polar surface area (TPSA) is 83.5 Å². The molecule has 0 saturated heterocycles. The molecule has 0 fully saturated rings. The SMILES string of the molecule is O=C(O)CCC(=O)Nc1cccc(SCC(=O)c2ccc(Cl)cc2)c1. The third-order valence-electron chi connectivity index (χ3n) is 3.22. The number of ketones is 1. The van der Waals surface area contributed by atoms with Gasteiger partial charge in [0.2, 0.25) is 5.91 Å². The lowest BCUT2D eigenvalue weighted by Crippen LogP contribution is -2.13. The molecule has 2 rings (SSSR count). The van der Waals surface area contributed by atoms with E-state index >= 15 is 0 Å². The molecular formula is C18H16ClNO4S. The molecule has 0 heterocycles. The number of aliphatic carboxylic acids is 1. The second-order valence-electron chi connectivity index (χ2n) is 5.19. The standard InChI is InChI=1S/C18H16ClNO4S/c19-13-6-4-12(5-7-13)16(21)11-25-15-3-1-2-14(10-15)20-17(22)8-9-18(23)24/h1-7,10H,8-9,11H2,(H,20,22)(H,23,24). The van der Waals surface area contributed by atoms with E-state index in [4.69, 9.17) is 16.7 Å². The number of hydrogen-bond donors (Lipinski definition) is 2. The summed E-state index contributed by atoms with van der Waals surface area (Å²) in [6.07, 6.45) is -0.294. The largest absolute Gasteiger partial charge is 0.481 e. The van der Waals surface area contributed by atoms with Crippen LogP contribution in [0.5, 0.6) is 0 Å². The zero-order valence-corrected chi connectivity index (χ0v) is 14.8. The number of thioether (sulfide) groups is 1. The maximum Gasteiger partial charge on any atom is 0.303 e. The number of Topliss-reactive ketones (excluding diaryl/α,β-unsaturated/α-hetero) is 1. The zero-order valence-electron chi connectivity index (χ0n) is 13.2. The van der Waals surface area contributed by atoms with Crippen LogP contribution in [0.25, 0.3) is 0 Å². The molecule has 0 spiro atoms. The number of rotatable bonds is 8. The fourth-order valence-electron chi connectivity index (χ4n) is 1.98. The summed E-state index contributed by atoms with van der Waals surface area (Å²) in [6, 6.07) is 13.8. The Hall–Kier alpha value is -2.31. The highest BCUT2D eigenvalue weighted by atomic mass is 35.5. The molecule has 2 aromatic carbocycles. The number of anilines is 1. The van der Waals surface area contributed by atoms with Crippen LogP contribution in [0.15, 0.2) is 53.4 Å². The van der Waals surface area contributed by atoms with Crippen molar-refractivity contribution >= 4 is 46.7 Å². The Morgan fingerprint density at radius 3 is 2.44 bits per heavy atom. The summed E-state index contributed by atoms with van der Waals surface area (Å²) in [5.41, 5.74) is 1.16. The van der Waals surface area contributed by atoms with E-state index in [1.165, 1.54) is 11.8 Å². The highest BCUT2D eigenvalue weighted by molar-refractivity contribution is 8.00. The van der Waals surface area contributed by atoms with Gasteiger partial charge in [-0.3, -0.25) is 14.4 Å². The molecule has 0 saturated carbocycles. The van der Waals surface area contributed by atoms with Crippen LogP contribution in [0.3, 0.4) is 0 Å². The Morgan fingerprint density at radius 1 is 1.04 bits per heavy atom. The quantitative estimate of drug-likeness (QED) is 0.534. The van der Waals surface area contributed by atoms with Crippen molar-refractivity contribution in [3.63, 3.8) is 0 Å². The fourth-order valence-corrected chi connectivity index (χ4v) is 2.95. The predicted octanol–water partition coefficient (Wildman–Crippen LogP) is 4.12. The summed E-state index contributed by atoms with van der Waals surface area (Å²) in [4.78, 5) is 35.1. The fraction of sp³-hybridized carbons (Fsp3) is 0.167. The highest BCUT2D eigenvalue weighted by Crippen LogP contribution is 2.23. The molecule has 7 heteroatoms. The summed E-state index contributed by atoms with van der Waals surface area (Å²) in [7, 11) is 0. The average molecular weight is 378 g/mol. The molecule has 0 aliphatic heterocycles. The molecule has 0 aromatic heterocycles. The Labute approximate surface area is 154 Å². The average Bonchev–Trinajstić information content (AvgIpc) is 2.59. The number of carboxylic acid groups (broad SMARTS) is 1. The van der Waals surface area contributed by atoms with Gasteiger partial charge in [-0.05, 0) is 42.5 Å². The van der Waals surface area contributed by atoms with Gasteiger partial charge >= 0.3 is 5.97 Å². The lowest BCUT2D eigenvalue weighted by atomic mass is 10.1. The molecule has 0 unspecified atom stereocenters. The van der Waals surface area contributed by atoms with Gasteiger partial charge in [0.05, 0.1) is 12.2 Å².